The van der Waals surface area contributed by atoms with Crippen LogP contribution in [0.4, 0.5) is 5.82 Å². The summed E-state index contributed by atoms with van der Waals surface area (Å²) >= 11 is 0. The van der Waals surface area contributed by atoms with E-state index in [9.17, 15) is 0 Å². The molecule has 0 amide bonds. The lowest BCUT2D eigenvalue weighted by atomic mass is 10.1. The van der Waals surface area contributed by atoms with E-state index in [0.29, 0.717) is 11.6 Å². The molecule has 92 valence electrons. The number of anilines is 1. The highest BCUT2D eigenvalue weighted by molar-refractivity contribution is 6.07. The Kier molecular flexibility index (Phi) is 1.91. The van der Waals surface area contributed by atoms with Gasteiger partial charge in [-0.1, -0.05) is 5.16 Å². The molecular weight excluding hydrogens is 240 g/mol. The van der Waals surface area contributed by atoms with Gasteiger partial charge in [0.25, 0.3) is 0 Å². The molecule has 0 saturated carbocycles. The molecule has 0 aliphatic carbocycles. The molecule has 0 radical (unpaired) electrons. The van der Waals surface area contributed by atoms with Crippen LogP contribution in [0.25, 0.3) is 33.3 Å². The zero-order valence-electron chi connectivity index (χ0n) is 9.92. The first-order valence-corrected chi connectivity index (χ1v) is 5.90. The Labute approximate surface area is 108 Å². The van der Waals surface area contributed by atoms with Crippen LogP contribution in [0, 0.1) is 0 Å². The van der Waals surface area contributed by atoms with E-state index in [4.69, 9.17) is 10.3 Å². The second kappa shape index (κ2) is 3.58. The number of nitrogens with zero attached hydrogens (tertiary/aromatic N) is 2. The van der Waals surface area contributed by atoms with Crippen molar-refractivity contribution in [1.29, 1.82) is 0 Å². The molecule has 5 nitrogen and oxygen atoms in total. The fraction of sp³-hybridized carbons (Fsp3) is 0. The quantitative estimate of drug-likeness (QED) is 0.544. The number of nitrogens with one attached hydrogen (secondary N) is 1. The molecule has 0 fully saturated rings. The molecule has 4 aromatic rings. The van der Waals surface area contributed by atoms with Crippen LogP contribution in [0.15, 0.2) is 47.1 Å². The number of H-pyrrole nitrogens is 1. The van der Waals surface area contributed by atoms with E-state index >= 15 is 0 Å². The van der Waals surface area contributed by atoms with Crippen LogP contribution in [0.2, 0.25) is 0 Å². The van der Waals surface area contributed by atoms with Crippen molar-refractivity contribution >= 4 is 27.8 Å². The van der Waals surface area contributed by atoms with Crippen molar-refractivity contribution in [2.45, 2.75) is 0 Å². The zero-order valence-corrected chi connectivity index (χ0v) is 9.92. The third-order valence-electron chi connectivity index (χ3n) is 3.18. The maximum Gasteiger partial charge on any atom is 0.169 e. The van der Waals surface area contributed by atoms with Crippen molar-refractivity contribution in [2.24, 2.45) is 0 Å². The Morgan fingerprint density at radius 3 is 2.89 bits per heavy atom. The van der Waals surface area contributed by atoms with Gasteiger partial charge in [0.15, 0.2) is 11.6 Å². The molecule has 3 heterocycles. The maximum atomic E-state index is 5.58. The molecule has 1 aromatic carbocycles. The molecule has 0 bridgehead atoms. The van der Waals surface area contributed by atoms with Gasteiger partial charge in [0.05, 0.1) is 0 Å². The zero-order chi connectivity index (χ0) is 12.8. The van der Waals surface area contributed by atoms with E-state index in [-0.39, 0.29) is 0 Å². The molecule has 3 aromatic heterocycles. The number of aromatic nitrogens is 3. The topological polar surface area (TPSA) is 80.7 Å². The van der Waals surface area contributed by atoms with Crippen LogP contribution >= 0.6 is 0 Å². The first-order valence-electron chi connectivity index (χ1n) is 5.90. The van der Waals surface area contributed by atoms with E-state index < -0.39 is 0 Å². The molecular formula is C14H10N4O. The average Bonchev–Trinajstić information content (AvgIpc) is 3.01. The van der Waals surface area contributed by atoms with Crippen molar-refractivity contribution in [3.8, 4) is 11.3 Å². The number of benzene rings is 1. The Hall–Kier alpha value is -2.82. The third-order valence-corrected chi connectivity index (χ3v) is 3.18. The van der Waals surface area contributed by atoms with Crippen LogP contribution in [0.5, 0.6) is 0 Å². The number of nitrogens with two attached hydrogens (primary N) is 1. The second-order valence-electron chi connectivity index (χ2n) is 4.40. The van der Waals surface area contributed by atoms with Crippen LogP contribution in [0.3, 0.4) is 0 Å². The van der Waals surface area contributed by atoms with Crippen molar-refractivity contribution < 1.29 is 4.52 Å². The largest absolute Gasteiger partial charge is 0.381 e. The highest BCUT2D eigenvalue weighted by atomic mass is 16.5. The van der Waals surface area contributed by atoms with Crippen LogP contribution in [-0.2, 0) is 0 Å². The van der Waals surface area contributed by atoms with Gasteiger partial charge < -0.3 is 15.2 Å². The number of fused-ring (bicyclic) bond motifs is 3. The first-order chi connectivity index (χ1) is 9.31. The normalized spacial score (nSPS) is 11.4. The standard InChI is InChI=1S/C14H10N4O/c15-13-7-12(19-18-13)8-3-4-11-10(6-8)9-2-1-5-16-14(9)17-11/h1-7H,(H2,15,18)(H,16,17). The summed E-state index contributed by atoms with van der Waals surface area (Å²) < 4.78 is 5.19. The summed E-state index contributed by atoms with van der Waals surface area (Å²) in [5.74, 6) is 1.05. The average molecular weight is 250 g/mol. The number of aromatic amines is 1. The Bertz CT molecular complexity index is 891. The van der Waals surface area contributed by atoms with Gasteiger partial charge >= 0.3 is 0 Å². The lowest BCUT2D eigenvalue weighted by Gasteiger charge is -1.96. The number of hydrogen-bond acceptors (Lipinski definition) is 4. The van der Waals surface area contributed by atoms with E-state index in [1.807, 2.05) is 24.3 Å². The minimum absolute atomic E-state index is 0.385. The first kappa shape index (κ1) is 10.1. The van der Waals surface area contributed by atoms with Crippen molar-refractivity contribution in [3.05, 3.63) is 42.6 Å². The van der Waals surface area contributed by atoms with Crippen LogP contribution in [-0.4, -0.2) is 15.1 Å². The summed E-state index contributed by atoms with van der Waals surface area (Å²) in [5.41, 5.74) is 8.45. The van der Waals surface area contributed by atoms with Crippen LogP contribution < -0.4 is 5.73 Å². The van der Waals surface area contributed by atoms with E-state index in [1.165, 1.54) is 0 Å². The third kappa shape index (κ3) is 1.48. The monoisotopic (exact) mass is 250 g/mol. The summed E-state index contributed by atoms with van der Waals surface area (Å²) in [7, 11) is 0. The number of rotatable bonds is 1. The van der Waals surface area contributed by atoms with Crippen LogP contribution in [0.1, 0.15) is 0 Å². The highest BCUT2D eigenvalue weighted by Gasteiger charge is 2.09. The number of nitrogen functional groups attached to an aromatic ring is 1. The molecule has 0 atom stereocenters. The van der Waals surface area contributed by atoms with Crippen molar-refractivity contribution in [1.82, 2.24) is 15.1 Å². The maximum absolute atomic E-state index is 5.58. The van der Waals surface area contributed by atoms with Gasteiger partial charge in [-0.25, -0.2) is 4.98 Å². The van der Waals surface area contributed by atoms with Gasteiger partial charge in [-0.3, -0.25) is 0 Å². The Balaban J connectivity index is 2.02. The summed E-state index contributed by atoms with van der Waals surface area (Å²) in [6.45, 7) is 0. The van der Waals surface area contributed by atoms with E-state index in [2.05, 4.69) is 21.2 Å². The van der Waals surface area contributed by atoms with Gasteiger partial charge in [-0.05, 0) is 30.3 Å². The Morgan fingerprint density at radius 2 is 2.05 bits per heavy atom. The Morgan fingerprint density at radius 1 is 1.11 bits per heavy atom. The SMILES string of the molecule is Nc1cc(-c2ccc3[nH]c4ncccc4c3c2)on1. The van der Waals surface area contributed by atoms with Gasteiger partial charge in [0.2, 0.25) is 0 Å². The fourth-order valence-electron chi connectivity index (χ4n) is 2.30. The molecule has 3 N–H and O–H groups in total. The molecule has 5 heteroatoms. The summed E-state index contributed by atoms with van der Waals surface area (Å²) in [4.78, 5) is 7.59. The molecule has 0 aliphatic heterocycles. The molecule has 4 rings (SSSR count). The molecule has 0 aliphatic rings. The van der Waals surface area contributed by atoms with E-state index in [0.717, 1.165) is 27.5 Å². The number of pyridine rings is 1. The lowest BCUT2D eigenvalue weighted by molar-refractivity contribution is 0.436. The second-order valence-corrected chi connectivity index (χ2v) is 4.40. The number of hydrogen-bond donors (Lipinski definition) is 2. The van der Waals surface area contributed by atoms with Crippen molar-refractivity contribution in [2.75, 3.05) is 5.73 Å². The minimum atomic E-state index is 0.385. The minimum Gasteiger partial charge on any atom is -0.381 e. The molecule has 0 saturated heterocycles. The van der Waals surface area contributed by atoms with Gasteiger partial charge in [-0.2, -0.15) is 0 Å². The summed E-state index contributed by atoms with van der Waals surface area (Å²) in [6.07, 6.45) is 1.77. The van der Waals surface area contributed by atoms with Gasteiger partial charge in [-0.15, -0.1) is 0 Å². The molecule has 19 heavy (non-hydrogen) atoms. The van der Waals surface area contributed by atoms with Crippen molar-refractivity contribution in [3.63, 3.8) is 0 Å². The van der Waals surface area contributed by atoms with E-state index in [1.54, 1.807) is 12.3 Å². The van der Waals surface area contributed by atoms with Gasteiger partial charge in [0, 0.05) is 34.1 Å². The lowest BCUT2D eigenvalue weighted by Crippen LogP contribution is -1.80. The smallest absolute Gasteiger partial charge is 0.169 e. The predicted octanol–water partition coefficient (Wildman–Crippen LogP) is 2.95. The predicted molar refractivity (Wildman–Crippen MR) is 73.5 cm³/mol. The highest BCUT2D eigenvalue weighted by Crippen LogP contribution is 2.29. The summed E-state index contributed by atoms with van der Waals surface area (Å²) in [5, 5.41) is 5.90. The fourth-order valence-corrected chi connectivity index (χ4v) is 2.30. The van der Waals surface area contributed by atoms with Gasteiger partial charge in [0.1, 0.15) is 5.65 Å². The molecule has 0 spiro atoms. The summed E-state index contributed by atoms with van der Waals surface area (Å²) in [6, 6.07) is 11.7. The molecule has 0 unspecified atom stereocenters.